The fourth-order valence-corrected chi connectivity index (χ4v) is 3.61. The number of benzene rings is 1. The first-order chi connectivity index (χ1) is 11.0. The fourth-order valence-electron chi connectivity index (χ4n) is 3.40. The van der Waals surface area contributed by atoms with Crippen LogP contribution in [0.2, 0.25) is 5.02 Å². The number of hydrogen-bond acceptors (Lipinski definition) is 2. The van der Waals surface area contributed by atoms with Crippen LogP contribution in [0.3, 0.4) is 0 Å². The Balaban J connectivity index is 1.67. The molecule has 1 saturated heterocycles. The smallest absolute Gasteiger partial charge is 0.132 e. The van der Waals surface area contributed by atoms with Crippen LogP contribution in [0.1, 0.15) is 29.8 Å². The molecule has 3 rings (SSSR count). The Morgan fingerprint density at radius 2 is 2.17 bits per heavy atom. The summed E-state index contributed by atoms with van der Waals surface area (Å²) in [7, 11) is 0. The molecule has 0 aliphatic carbocycles. The van der Waals surface area contributed by atoms with Gasteiger partial charge in [0.05, 0.1) is 0 Å². The molecule has 0 amide bonds. The van der Waals surface area contributed by atoms with Gasteiger partial charge in [0.1, 0.15) is 11.6 Å². The molecule has 1 aromatic carbocycles. The van der Waals surface area contributed by atoms with Crippen LogP contribution in [0.25, 0.3) is 0 Å². The lowest BCUT2D eigenvalue weighted by Gasteiger charge is -2.33. The summed E-state index contributed by atoms with van der Waals surface area (Å²) in [5.74, 6) is 1.46. The van der Waals surface area contributed by atoms with Gasteiger partial charge in [-0.3, -0.25) is 4.90 Å². The highest BCUT2D eigenvalue weighted by Crippen LogP contribution is 2.26. The van der Waals surface area contributed by atoms with Crippen LogP contribution in [-0.4, -0.2) is 27.5 Å². The number of nitrogens with zero attached hydrogens (tertiary/aromatic N) is 3. The predicted molar refractivity (Wildman–Crippen MR) is 91.1 cm³/mol. The molecule has 1 aromatic heterocycles. The maximum absolute atomic E-state index is 14.3. The standard InChI is InChI=1S/C18H23ClFN3/c1-13-5-6-17(19)16(18(13)20)12-22-8-3-4-15(10-22)11-23-9-7-21-14(23)2/h5-7,9,15H,3-4,8,10-12H2,1-2H3. The van der Waals surface area contributed by atoms with E-state index in [9.17, 15) is 4.39 Å². The largest absolute Gasteiger partial charge is 0.335 e. The lowest BCUT2D eigenvalue weighted by molar-refractivity contribution is 0.154. The summed E-state index contributed by atoms with van der Waals surface area (Å²) in [5, 5.41) is 0.528. The lowest BCUT2D eigenvalue weighted by Crippen LogP contribution is -2.37. The molecule has 124 valence electrons. The highest BCUT2D eigenvalue weighted by molar-refractivity contribution is 6.31. The monoisotopic (exact) mass is 335 g/mol. The summed E-state index contributed by atoms with van der Waals surface area (Å²) in [4.78, 5) is 6.61. The molecule has 5 heteroatoms. The molecule has 2 heterocycles. The average Bonchev–Trinajstić information content (AvgIpc) is 2.93. The third-order valence-electron chi connectivity index (χ3n) is 4.74. The minimum atomic E-state index is -0.162. The summed E-state index contributed by atoms with van der Waals surface area (Å²) in [6.45, 7) is 7.36. The maximum atomic E-state index is 14.3. The zero-order valence-electron chi connectivity index (χ0n) is 13.7. The fraction of sp³-hybridized carbons (Fsp3) is 0.500. The summed E-state index contributed by atoms with van der Waals surface area (Å²) < 4.78 is 16.6. The van der Waals surface area contributed by atoms with Crippen molar-refractivity contribution in [1.29, 1.82) is 0 Å². The Morgan fingerprint density at radius 3 is 2.91 bits per heavy atom. The van der Waals surface area contributed by atoms with E-state index in [2.05, 4.69) is 14.5 Å². The van der Waals surface area contributed by atoms with Gasteiger partial charge >= 0.3 is 0 Å². The Hall–Kier alpha value is -1.39. The minimum Gasteiger partial charge on any atom is -0.335 e. The van der Waals surface area contributed by atoms with Crippen LogP contribution in [0.4, 0.5) is 4.39 Å². The van der Waals surface area contributed by atoms with Gasteiger partial charge in [0.2, 0.25) is 0 Å². The van der Waals surface area contributed by atoms with E-state index in [-0.39, 0.29) is 5.82 Å². The number of aromatic nitrogens is 2. The van der Waals surface area contributed by atoms with Crippen molar-refractivity contribution in [3.05, 3.63) is 52.3 Å². The molecule has 0 radical (unpaired) electrons. The lowest BCUT2D eigenvalue weighted by atomic mass is 9.97. The molecule has 3 nitrogen and oxygen atoms in total. The van der Waals surface area contributed by atoms with Crippen LogP contribution < -0.4 is 0 Å². The van der Waals surface area contributed by atoms with Crippen molar-refractivity contribution in [3.8, 4) is 0 Å². The van der Waals surface area contributed by atoms with Gasteiger partial charge in [0.25, 0.3) is 0 Å². The zero-order valence-corrected chi connectivity index (χ0v) is 14.5. The van der Waals surface area contributed by atoms with Crippen LogP contribution in [-0.2, 0) is 13.1 Å². The molecule has 1 aliphatic heterocycles. The second-order valence-electron chi connectivity index (χ2n) is 6.53. The van der Waals surface area contributed by atoms with E-state index >= 15 is 0 Å². The van der Waals surface area contributed by atoms with E-state index in [1.165, 1.54) is 6.42 Å². The molecule has 1 fully saturated rings. The van der Waals surface area contributed by atoms with Crippen molar-refractivity contribution in [2.75, 3.05) is 13.1 Å². The summed E-state index contributed by atoms with van der Waals surface area (Å²) >= 11 is 6.21. The molecule has 2 aromatic rings. The van der Waals surface area contributed by atoms with Crippen molar-refractivity contribution in [2.24, 2.45) is 5.92 Å². The quantitative estimate of drug-likeness (QED) is 0.834. The molecule has 1 aliphatic rings. The van der Waals surface area contributed by atoms with E-state index in [1.807, 2.05) is 19.3 Å². The molecule has 0 bridgehead atoms. The molecule has 1 atom stereocenters. The third-order valence-corrected chi connectivity index (χ3v) is 5.10. The third kappa shape index (κ3) is 3.75. The maximum Gasteiger partial charge on any atom is 0.132 e. The highest BCUT2D eigenvalue weighted by atomic mass is 35.5. The topological polar surface area (TPSA) is 21.1 Å². The first-order valence-electron chi connectivity index (χ1n) is 8.18. The van der Waals surface area contributed by atoms with Gasteiger partial charge in [-0.15, -0.1) is 0 Å². The minimum absolute atomic E-state index is 0.162. The number of rotatable bonds is 4. The van der Waals surface area contributed by atoms with Crippen LogP contribution in [0.5, 0.6) is 0 Å². The number of halogens is 2. The first-order valence-corrected chi connectivity index (χ1v) is 8.56. The van der Waals surface area contributed by atoms with Crippen molar-refractivity contribution in [1.82, 2.24) is 14.5 Å². The molecule has 23 heavy (non-hydrogen) atoms. The van der Waals surface area contributed by atoms with E-state index < -0.39 is 0 Å². The molecule has 1 unspecified atom stereocenters. The SMILES string of the molecule is Cc1ccc(Cl)c(CN2CCCC(Cn3ccnc3C)C2)c1F. The Bertz CT molecular complexity index is 683. The van der Waals surface area contributed by atoms with E-state index in [1.54, 1.807) is 19.1 Å². The Kier molecular flexibility index (Phi) is 5.02. The van der Waals surface area contributed by atoms with Crippen LogP contribution >= 0.6 is 11.6 Å². The number of likely N-dealkylation sites (tertiary alicyclic amines) is 1. The summed E-state index contributed by atoms with van der Waals surface area (Å²) in [6, 6.07) is 3.54. The number of piperidine rings is 1. The molecular formula is C18H23ClFN3. The highest BCUT2D eigenvalue weighted by Gasteiger charge is 2.22. The average molecular weight is 336 g/mol. The normalized spacial score (nSPS) is 19.2. The van der Waals surface area contributed by atoms with Crippen LogP contribution in [0.15, 0.2) is 24.5 Å². The summed E-state index contributed by atoms with van der Waals surface area (Å²) in [5.41, 5.74) is 1.29. The van der Waals surface area contributed by atoms with E-state index in [4.69, 9.17) is 11.6 Å². The van der Waals surface area contributed by atoms with Crippen molar-refractivity contribution in [3.63, 3.8) is 0 Å². The van der Waals surface area contributed by atoms with Gasteiger partial charge in [-0.05, 0) is 50.8 Å². The first kappa shape index (κ1) is 16.5. The van der Waals surface area contributed by atoms with Crippen molar-refractivity contribution >= 4 is 11.6 Å². The van der Waals surface area contributed by atoms with Gasteiger partial charge in [-0.2, -0.15) is 0 Å². The van der Waals surface area contributed by atoms with Crippen molar-refractivity contribution < 1.29 is 4.39 Å². The number of hydrogen-bond donors (Lipinski definition) is 0. The van der Waals surface area contributed by atoms with Gasteiger partial charge in [0.15, 0.2) is 0 Å². The molecular weight excluding hydrogens is 313 g/mol. The second-order valence-corrected chi connectivity index (χ2v) is 6.93. The molecule has 0 spiro atoms. The van der Waals surface area contributed by atoms with Crippen molar-refractivity contribution in [2.45, 2.75) is 39.8 Å². The van der Waals surface area contributed by atoms with Crippen LogP contribution in [0, 0.1) is 25.6 Å². The predicted octanol–water partition coefficient (Wildman–Crippen LogP) is 4.20. The molecule has 0 N–H and O–H groups in total. The van der Waals surface area contributed by atoms with Gasteiger partial charge < -0.3 is 4.57 Å². The number of aryl methyl sites for hydroxylation is 2. The molecule has 0 saturated carbocycles. The van der Waals surface area contributed by atoms with Gasteiger partial charge in [-0.1, -0.05) is 17.7 Å². The second kappa shape index (κ2) is 7.02. The Labute approximate surface area is 142 Å². The Morgan fingerprint density at radius 1 is 1.35 bits per heavy atom. The number of imidazole rings is 1. The van der Waals surface area contributed by atoms with E-state index in [0.717, 1.165) is 31.9 Å². The van der Waals surface area contributed by atoms with Gasteiger partial charge in [-0.25, -0.2) is 9.37 Å². The summed E-state index contributed by atoms with van der Waals surface area (Å²) in [6.07, 6.45) is 6.23. The van der Waals surface area contributed by atoms with E-state index in [0.29, 0.717) is 28.6 Å². The van der Waals surface area contributed by atoms with Gasteiger partial charge in [0, 0.05) is 42.6 Å². The zero-order chi connectivity index (χ0) is 16.4.